The van der Waals surface area contributed by atoms with Crippen LogP contribution in [-0.4, -0.2) is 13.1 Å². The monoisotopic (exact) mass is 218 g/mol. The molecule has 0 atom stereocenters. The van der Waals surface area contributed by atoms with Crippen LogP contribution in [0.25, 0.3) is 0 Å². The van der Waals surface area contributed by atoms with Gasteiger partial charge in [0.25, 0.3) is 0 Å². The summed E-state index contributed by atoms with van der Waals surface area (Å²) in [5, 5.41) is 2.88. The first-order valence-electron chi connectivity index (χ1n) is 4.70. The van der Waals surface area contributed by atoms with Gasteiger partial charge in [0.15, 0.2) is 17.5 Å². The van der Waals surface area contributed by atoms with E-state index in [-0.39, 0.29) is 12.1 Å². The highest BCUT2D eigenvalue weighted by atomic mass is 19.2. The SMILES string of the molecule is NCCCNCc1ccc(F)c(F)c1F. The molecule has 0 unspecified atom stereocenters. The van der Waals surface area contributed by atoms with Gasteiger partial charge in [0.2, 0.25) is 0 Å². The molecule has 0 fully saturated rings. The second kappa shape index (κ2) is 5.72. The lowest BCUT2D eigenvalue weighted by atomic mass is 10.2. The minimum absolute atomic E-state index is 0.117. The van der Waals surface area contributed by atoms with Crippen molar-refractivity contribution in [1.29, 1.82) is 0 Å². The minimum Gasteiger partial charge on any atom is -0.330 e. The van der Waals surface area contributed by atoms with Crippen LogP contribution >= 0.6 is 0 Å². The average Bonchev–Trinajstić information content (AvgIpc) is 2.24. The summed E-state index contributed by atoms with van der Waals surface area (Å²) in [6.07, 6.45) is 0.755. The van der Waals surface area contributed by atoms with E-state index < -0.39 is 17.5 Å². The van der Waals surface area contributed by atoms with Crippen LogP contribution in [0.5, 0.6) is 0 Å². The van der Waals surface area contributed by atoms with E-state index in [1.807, 2.05) is 0 Å². The second-order valence-electron chi connectivity index (χ2n) is 3.15. The second-order valence-corrected chi connectivity index (χ2v) is 3.15. The van der Waals surface area contributed by atoms with Gasteiger partial charge < -0.3 is 11.1 Å². The minimum atomic E-state index is -1.42. The van der Waals surface area contributed by atoms with Crippen molar-refractivity contribution < 1.29 is 13.2 Å². The van der Waals surface area contributed by atoms with Crippen molar-refractivity contribution in [1.82, 2.24) is 5.32 Å². The highest BCUT2D eigenvalue weighted by Gasteiger charge is 2.12. The molecular formula is C10H13F3N2. The maximum atomic E-state index is 13.1. The normalized spacial score (nSPS) is 10.7. The van der Waals surface area contributed by atoms with Gasteiger partial charge in [-0.3, -0.25) is 0 Å². The molecule has 1 aromatic rings. The Labute approximate surface area is 86.3 Å². The van der Waals surface area contributed by atoms with Crippen molar-refractivity contribution in [3.63, 3.8) is 0 Å². The van der Waals surface area contributed by atoms with Crippen molar-refractivity contribution >= 4 is 0 Å². The van der Waals surface area contributed by atoms with Gasteiger partial charge in [-0.25, -0.2) is 13.2 Å². The highest BCUT2D eigenvalue weighted by molar-refractivity contribution is 5.20. The van der Waals surface area contributed by atoms with E-state index in [0.29, 0.717) is 13.1 Å². The van der Waals surface area contributed by atoms with Crippen molar-refractivity contribution in [3.05, 3.63) is 35.1 Å². The van der Waals surface area contributed by atoms with Crippen molar-refractivity contribution in [3.8, 4) is 0 Å². The molecule has 3 N–H and O–H groups in total. The van der Waals surface area contributed by atoms with Gasteiger partial charge in [-0.05, 0) is 25.6 Å². The smallest absolute Gasteiger partial charge is 0.194 e. The van der Waals surface area contributed by atoms with Crippen LogP contribution in [0, 0.1) is 17.5 Å². The summed E-state index contributed by atoms with van der Waals surface area (Å²) in [6, 6.07) is 2.14. The zero-order chi connectivity index (χ0) is 11.3. The molecule has 0 aliphatic carbocycles. The fourth-order valence-electron chi connectivity index (χ4n) is 1.15. The number of benzene rings is 1. The lowest BCUT2D eigenvalue weighted by molar-refractivity contribution is 0.438. The molecule has 2 nitrogen and oxygen atoms in total. The zero-order valence-corrected chi connectivity index (χ0v) is 8.19. The van der Waals surface area contributed by atoms with E-state index in [0.717, 1.165) is 12.5 Å². The van der Waals surface area contributed by atoms with Gasteiger partial charge in [0.1, 0.15) is 0 Å². The highest BCUT2D eigenvalue weighted by Crippen LogP contribution is 2.14. The van der Waals surface area contributed by atoms with Crippen LogP contribution in [0.2, 0.25) is 0 Å². The topological polar surface area (TPSA) is 38.0 Å². The van der Waals surface area contributed by atoms with E-state index in [1.54, 1.807) is 0 Å². The molecule has 0 spiro atoms. The Hall–Kier alpha value is -1.07. The predicted octanol–water partition coefficient (Wildman–Crippen LogP) is 1.54. The molecule has 84 valence electrons. The maximum Gasteiger partial charge on any atom is 0.194 e. The molecule has 1 rings (SSSR count). The number of hydrogen-bond acceptors (Lipinski definition) is 2. The van der Waals surface area contributed by atoms with Crippen LogP contribution in [0.4, 0.5) is 13.2 Å². The summed E-state index contributed by atoms with van der Waals surface area (Å²) < 4.78 is 38.4. The van der Waals surface area contributed by atoms with Crippen LogP contribution in [-0.2, 0) is 6.54 Å². The maximum absolute atomic E-state index is 13.1. The van der Waals surface area contributed by atoms with E-state index in [2.05, 4.69) is 5.32 Å². The number of rotatable bonds is 5. The van der Waals surface area contributed by atoms with Gasteiger partial charge in [-0.15, -0.1) is 0 Å². The van der Waals surface area contributed by atoms with Gasteiger partial charge in [0.05, 0.1) is 0 Å². The number of nitrogens with one attached hydrogen (secondary N) is 1. The quantitative estimate of drug-likeness (QED) is 0.581. The number of halogens is 3. The van der Waals surface area contributed by atoms with E-state index >= 15 is 0 Å². The fourth-order valence-corrected chi connectivity index (χ4v) is 1.15. The molecule has 0 aromatic heterocycles. The molecule has 0 aliphatic heterocycles. The Morgan fingerprint density at radius 2 is 1.87 bits per heavy atom. The van der Waals surface area contributed by atoms with Crippen molar-refractivity contribution in [2.75, 3.05) is 13.1 Å². The van der Waals surface area contributed by atoms with Gasteiger partial charge in [-0.1, -0.05) is 6.07 Å². The summed E-state index contributed by atoms with van der Waals surface area (Å²) in [6.45, 7) is 1.32. The largest absolute Gasteiger partial charge is 0.330 e. The molecule has 15 heavy (non-hydrogen) atoms. The van der Waals surface area contributed by atoms with Crippen molar-refractivity contribution in [2.45, 2.75) is 13.0 Å². The molecule has 0 bridgehead atoms. The molecule has 0 amide bonds. The Morgan fingerprint density at radius 1 is 1.13 bits per heavy atom. The van der Waals surface area contributed by atoms with Crippen LogP contribution in [0.15, 0.2) is 12.1 Å². The van der Waals surface area contributed by atoms with Crippen molar-refractivity contribution in [2.24, 2.45) is 5.73 Å². The Balaban J connectivity index is 2.58. The Bertz CT molecular complexity index is 329. The van der Waals surface area contributed by atoms with Crippen LogP contribution in [0.1, 0.15) is 12.0 Å². The molecule has 1 aromatic carbocycles. The van der Waals surface area contributed by atoms with E-state index in [9.17, 15) is 13.2 Å². The van der Waals surface area contributed by atoms with Crippen LogP contribution in [0.3, 0.4) is 0 Å². The summed E-state index contributed by atoms with van der Waals surface area (Å²) in [5.41, 5.74) is 5.37. The number of nitrogens with two attached hydrogens (primary N) is 1. The Morgan fingerprint density at radius 3 is 2.53 bits per heavy atom. The average molecular weight is 218 g/mol. The lowest BCUT2D eigenvalue weighted by Gasteiger charge is -2.06. The van der Waals surface area contributed by atoms with Gasteiger partial charge in [-0.2, -0.15) is 0 Å². The third-order valence-corrected chi connectivity index (χ3v) is 1.99. The first-order valence-corrected chi connectivity index (χ1v) is 4.70. The standard InChI is InChI=1S/C10H13F3N2/c11-8-3-2-7(9(12)10(8)13)6-15-5-1-4-14/h2-3,15H,1,4-6,14H2. The van der Waals surface area contributed by atoms with Gasteiger partial charge in [0, 0.05) is 12.1 Å². The molecular weight excluding hydrogens is 205 g/mol. The summed E-state index contributed by atoms with van der Waals surface area (Å²) in [5.74, 6) is -3.72. The summed E-state index contributed by atoms with van der Waals surface area (Å²) >= 11 is 0. The van der Waals surface area contributed by atoms with Crippen LogP contribution < -0.4 is 11.1 Å². The van der Waals surface area contributed by atoms with E-state index in [4.69, 9.17) is 5.73 Å². The first kappa shape index (κ1) is 12.0. The first-order chi connectivity index (χ1) is 7.16. The fraction of sp³-hybridized carbons (Fsp3) is 0.400. The molecule has 0 aliphatic rings. The zero-order valence-electron chi connectivity index (χ0n) is 8.19. The molecule has 0 radical (unpaired) electrons. The molecule has 0 saturated carbocycles. The third kappa shape index (κ3) is 3.21. The third-order valence-electron chi connectivity index (χ3n) is 1.99. The summed E-state index contributed by atoms with van der Waals surface area (Å²) in [4.78, 5) is 0. The number of hydrogen-bond donors (Lipinski definition) is 2. The molecule has 0 saturated heterocycles. The molecule has 0 heterocycles. The summed E-state index contributed by atoms with van der Waals surface area (Å²) in [7, 11) is 0. The van der Waals surface area contributed by atoms with Gasteiger partial charge >= 0.3 is 0 Å². The molecule has 5 heteroatoms. The Kier molecular flexibility index (Phi) is 4.58. The lowest BCUT2D eigenvalue weighted by Crippen LogP contribution is -2.18. The predicted molar refractivity (Wildman–Crippen MR) is 51.7 cm³/mol. The van der Waals surface area contributed by atoms with E-state index in [1.165, 1.54) is 6.07 Å².